The van der Waals surface area contributed by atoms with Crippen LogP contribution >= 0.6 is 15.9 Å². The van der Waals surface area contributed by atoms with Gasteiger partial charge in [0.25, 0.3) is 0 Å². The van der Waals surface area contributed by atoms with Crippen LogP contribution < -0.4 is 9.47 Å². The molecule has 172 valence electrons. The molecule has 0 spiro atoms. The summed E-state index contributed by atoms with van der Waals surface area (Å²) in [7, 11) is 0. The lowest BCUT2D eigenvalue weighted by atomic mass is 10.1. The number of hydrogen-bond donors (Lipinski definition) is 0. The maximum atomic E-state index is 12.4. The lowest BCUT2D eigenvalue weighted by molar-refractivity contribution is -0.129. The van der Waals surface area contributed by atoms with Crippen molar-refractivity contribution in [2.24, 2.45) is 4.99 Å². The van der Waals surface area contributed by atoms with Gasteiger partial charge in [0.05, 0.1) is 11.1 Å². The van der Waals surface area contributed by atoms with E-state index in [1.54, 1.807) is 42.5 Å². The predicted molar refractivity (Wildman–Crippen MR) is 133 cm³/mol. The van der Waals surface area contributed by atoms with Crippen molar-refractivity contribution in [3.63, 3.8) is 0 Å². The Morgan fingerprint density at radius 1 is 1.06 bits per heavy atom. The number of ketones is 1. The summed E-state index contributed by atoms with van der Waals surface area (Å²) in [6, 6.07) is 20.0. The number of carbonyl (C=O) groups excluding carboxylic acids is 2. The van der Waals surface area contributed by atoms with Gasteiger partial charge in [-0.05, 0) is 65.2 Å². The van der Waals surface area contributed by atoms with Gasteiger partial charge in [0, 0.05) is 11.1 Å². The number of halogens is 1. The van der Waals surface area contributed by atoms with Crippen LogP contribution in [-0.4, -0.2) is 30.9 Å². The van der Waals surface area contributed by atoms with E-state index in [9.17, 15) is 9.59 Å². The molecule has 3 aromatic rings. The van der Waals surface area contributed by atoms with E-state index in [0.29, 0.717) is 33.7 Å². The molecule has 0 unspecified atom stereocenters. The van der Waals surface area contributed by atoms with Crippen molar-refractivity contribution < 1.29 is 23.8 Å². The molecular formula is C27H22BrNO5. The minimum atomic E-state index is -0.527. The maximum Gasteiger partial charge on any atom is 0.363 e. The second kappa shape index (κ2) is 10.5. The number of ether oxygens (including phenoxy) is 3. The molecule has 0 aliphatic carbocycles. The maximum absolute atomic E-state index is 12.4. The molecule has 34 heavy (non-hydrogen) atoms. The zero-order valence-corrected chi connectivity index (χ0v) is 20.3. The van der Waals surface area contributed by atoms with E-state index in [-0.39, 0.29) is 24.0 Å². The Morgan fingerprint density at radius 3 is 2.53 bits per heavy atom. The van der Waals surface area contributed by atoms with Crippen molar-refractivity contribution in [1.29, 1.82) is 0 Å². The zero-order chi connectivity index (χ0) is 24.1. The fourth-order valence-electron chi connectivity index (χ4n) is 3.41. The summed E-state index contributed by atoms with van der Waals surface area (Å²) in [4.78, 5) is 29.3. The Bertz CT molecular complexity index is 1300. The number of benzene rings is 3. The average Bonchev–Trinajstić information content (AvgIpc) is 3.19. The minimum absolute atomic E-state index is 0.139. The largest absolute Gasteiger partial charge is 0.490 e. The molecule has 6 nitrogen and oxygen atoms in total. The molecule has 1 aliphatic heterocycles. The molecule has 0 saturated carbocycles. The second-order valence-corrected chi connectivity index (χ2v) is 8.35. The number of cyclic esters (lactones) is 1. The van der Waals surface area contributed by atoms with Crippen LogP contribution in [0.15, 0.2) is 81.9 Å². The number of carbonyl (C=O) groups is 2. The molecule has 7 heteroatoms. The van der Waals surface area contributed by atoms with E-state index in [1.165, 1.54) is 0 Å². The molecule has 0 saturated heterocycles. The molecular weight excluding hydrogens is 498 g/mol. The van der Waals surface area contributed by atoms with E-state index in [2.05, 4.69) is 20.9 Å². The molecule has 0 N–H and O–H groups in total. The van der Waals surface area contributed by atoms with E-state index in [1.807, 2.05) is 44.2 Å². The molecule has 0 bridgehead atoms. The van der Waals surface area contributed by atoms with Gasteiger partial charge in [-0.1, -0.05) is 48.5 Å². The standard InChI is InChI=1S/C27H22BrNO5/c1-3-32-24-15-18(13-21(28)25(24)33-16-23(30)19-10-5-4-6-11-19)14-22-27(31)34-26(29-22)20-12-8-7-9-17(20)2/h4-15H,3,16H2,1-2H3/b22-14-. The first-order valence-corrected chi connectivity index (χ1v) is 11.5. The van der Waals surface area contributed by atoms with Crippen LogP contribution in [-0.2, 0) is 9.53 Å². The molecule has 1 heterocycles. The zero-order valence-electron chi connectivity index (χ0n) is 18.7. The minimum Gasteiger partial charge on any atom is -0.490 e. The second-order valence-electron chi connectivity index (χ2n) is 7.49. The lowest BCUT2D eigenvalue weighted by Gasteiger charge is -2.14. The summed E-state index contributed by atoms with van der Waals surface area (Å²) in [5.74, 6) is 0.456. The highest BCUT2D eigenvalue weighted by Gasteiger charge is 2.25. The molecule has 0 fully saturated rings. The van der Waals surface area contributed by atoms with Gasteiger partial charge >= 0.3 is 5.97 Å². The first-order valence-electron chi connectivity index (χ1n) is 10.7. The van der Waals surface area contributed by atoms with Gasteiger partial charge in [-0.2, -0.15) is 0 Å². The molecule has 0 radical (unpaired) electrons. The number of rotatable bonds is 8. The summed E-state index contributed by atoms with van der Waals surface area (Å²) < 4.78 is 17.5. The van der Waals surface area contributed by atoms with Crippen LogP contribution in [0.5, 0.6) is 11.5 Å². The van der Waals surface area contributed by atoms with Crippen molar-refractivity contribution in [3.05, 3.63) is 99.2 Å². The molecule has 0 amide bonds. The Hall–Kier alpha value is -3.71. The third-order valence-electron chi connectivity index (χ3n) is 5.07. The Balaban J connectivity index is 1.60. The predicted octanol–water partition coefficient (Wildman–Crippen LogP) is 5.76. The normalized spacial score (nSPS) is 14.0. The average molecular weight is 520 g/mol. The molecule has 4 rings (SSSR count). The quantitative estimate of drug-likeness (QED) is 0.215. The van der Waals surface area contributed by atoms with Gasteiger partial charge in [-0.25, -0.2) is 9.79 Å². The highest BCUT2D eigenvalue weighted by molar-refractivity contribution is 9.10. The Kier molecular flexibility index (Phi) is 7.23. The van der Waals surface area contributed by atoms with Crippen molar-refractivity contribution in [3.8, 4) is 11.5 Å². The third-order valence-corrected chi connectivity index (χ3v) is 5.66. The third kappa shape index (κ3) is 5.26. The number of Topliss-reactive ketones (excluding diaryl/α,β-unsaturated/α-hetero) is 1. The number of esters is 1. The summed E-state index contributed by atoms with van der Waals surface area (Å²) in [6.45, 7) is 4.04. The smallest absolute Gasteiger partial charge is 0.363 e. The van der Waals surface area contributed by atoms with Crippen molar-refractivity contribution in [2.75, 3.05) is 13.2 Å². The van der Waals surface area contributed by atoms with Crippen molar-refractivity contribution in [2.45, 2.75) is 13.8 Å². The van der Waals surface area contributed by atoms with Crippen LogP contribution in [0.1, 0.15) is 34.0 Å². The lowest BCUT2D eigenvalue weighted by Crippen LogP contribution is -2.12. The molecule has 1 aliphatic rings. The van der Waals surface area contributed by atoms with Crippen molar-refractivity contribution in [1.82, 2.24) is 0 Å². The van der Waals surface area contributed by atoms with Crippen LogP contribution in [0.25, 0.3) is 6.08 Å². The summed E-state index contributed by atoms with van der Waals surface area (Å²) in [6.07, 6.45) is 1.62. The highest BCUT2D eigenvalue weighted by Crippen LogP contribution is 2.38. The molecule has 3 aromatic carbocycles. The topological polar surface area (TPSA) is 74.2 Å². The van der Waals surface area contributed by atoms with E-state index >= 15 is 0 Å². The number of aliphatic imine (C=N–C) groups is 1. The SMILES string of the molecule is CCOc1cc(/C=C2\N=C(c3ccccc3C)OC2=O)cc(Br)c1OCC(=O)c1ccccc1. The fraction of sp³-hybridized carbons (Fsp3) is 0.148. The monoisotopic (exact) mass is 519 g/mol. The Labute approximate surface area is 206 Å². The summed E-state index contributed by atoms with van der Waals surface area (Å²) in [5.41, 5.74) is 3.14. The highest BCUT2D eigenvalue weighted by atomic mass is 79.9. The number of nitrogens with zero attached hydrogens (tertiary/aromatic N) is 1. The van der Waals surface area contributed by atoms with Gasteiger partial charge in [0.2, 0.25) is 5.90 Å². The van der Waals surface area contributed by atoms with Crippen LogP contribution in [0.2, 0.25) is 0 Å². The number of hydrogen-bond acceptors (Lipinski definition) is 6. The molecule has 0 aromatic heterocycles. The van der Waals surface area contributed by atoms with E-state index in [4.69, 9.17) is 14.2 Å². The van der Waals surface area contributed by atoms with Gasteiger partial charge in [-0.15, -0.1) is 0 Å². The molecule has 0 atom stereocenters. The van der Waals surface area contributed by atoms with Gasteiger partial charge in [-0.3, -0.25) is 4.79 Å². The van der Waals surface area contributed by atoms with Gasteiger partial charge in [0.1, 0.15) is 0 Å². The number of aryl methyl sites for hydroxylation is 1. The van der Waals surface area contributed by atoms with E-state index < -0.39 is 5.97 Å². The Morgan fingerprint density at radius 2 is 1.79 bits per heavy atom. The first-order chi connectivity index (χ1) is 16.5. The van der Waals surface area contributed by atoms with Gasteiger partial charge in [0.15, 0.2) is 29.6 Å². The van der Waals surface area contributed by atoms with Crippen LogP contribution in [0.3, 0.4) is 0 Å². The van der Waals surface area contributed by atoms with E-state index in [0.717, 1.165) is 11.1 Å². The summed E-state index contributed by atoms with van der Waals surface area (Å²) in [5, 5.41) is 0. The first kappa shape index (κ1) is 23.4. The summed E-state index contributed by atoms with van der Waals surface area (Å²) >= 11 is 3.50. The van der Waals surface area contributed by atoms with Gasteiger partial charge < -0.3 is 14.2 Å². The van der Waals surface area contributed by atoms with Crippen LogP contribution in [0, 0.1) is 6.92 Å². The fourth-order valence-corrected chi connectivity index (χ4v) is 3.99. The van der Waals surface area contributed by atoms with Crippen molar-refractivity contribution >= 4 is 39.7 Å². The van der Waals surface area contributed by atoms with Crippen LogP contribution in [0.4, 0.5) is 0 Å².